The molecule has 0 aromatic heterocycles. The number of carbonyl (C=O) groups excluding carboxylic acids is 1. The summed E-state index contributed by atoms with van der Waals surface area (Å²) in [5.41, 5.74) is 0.324. The van der Waals surface area contributed by atoms with E-state index >= 15 is 0 Å². The van der Waals surface area contributed by atoms with Gasteiger partial charge in [-0.05, 0) is 19.1 Å². The molecule has 1 unspecified atom stereocenters. The summed E-state index contributed by atoms with van der Waals surface area (Å²) in [6.45, 7) is 3.71. The minimum Gasteiger partial charge on any atom is -0.494 e. The minimum absolute atomic E-state index is 0.0845. The molecule has 0 bridgehead atoms. The lowest BCUT2D eigenvalue weighted by Crippen LogP contribution is -2.39. The maximum Gasteiger partial charge on any atom is 0.321 e. The number of carboxylic acids is 1. The van der Waals surface area contributed by atoms with Crippen LogP contribution in [0.3, 0.4) is 0 Å². The van der Waals surface area contributed by atoms with Crippen molar-refractivity contribution in [1.29, 1.82) is 0 Å². The second-order valence-corrected chi connectivity index (χ2v) is 4.55. The number of carboxylic acid groups (broad SMARTS) is 1. The van der Waals surface area contributed by atoms with E-state index in [-0.39, 0.29) is 12.3 Å². The third kappa shape index (κ3) is 4.62. The van der Waals surface area contributed by atoms with Gasteiger partial charge in [0.2, 0.25) is 0 Å². The summed E-state index contributed by atoms with van der Waals surface area (Å²) < 4.78 is 18.1. The van der Waals surface area contributed by atoms with E-state index in [1.807, 2.05) is 0 Å². The van der Waals surface area contributed by atoms with Gasteiger partial charge in [0.15, 0.2) is 0 Å². The zero-order chi connectivity index (χ0) is 16.0. The molecule has 0 fully saturated rings. The van der Waals surface area contributed by atoms with Crippen molar-refractivity contribution in [3.63, 3.8) is 0 Å². The number of halogens is 1. The first-order chi connectivity index (χ1) is 9.88. The second kappa shape index (κ2) is 7.47. The van der Waals surface area contributed by atoms with Crippen molar-refractivity contribution >= 4 is 17.7 Å². The summed E-state index contributed by atoms with van der Waals surface area (Å²) in [6, 6.07) is 3.29. The molecule has 116 valence electrons. The Bertz CT molecular complexity index is 522. The number of anilines is 1. The third-order valence-corrected chi connectivity index (χ3v) is 2.99. The van der Waals surface area contributed by atoms with E-state index in [0.29, 0.717) is 12.2 Å². The van der Waals surface area contributed by atoms with Crippen LogP contribution in [0.5, 0.6) is 5.75 Å². The zero-order valence-electron chi connectivity index (χ0n) is 12.2. The number of hydrogen-bond donors (Lipinski definition) is 2. The molecule has 1 atom stereocenters. The van der Waals surface area contributed by atoms with Gasteiger partial charge >= 0.3 is 12.0 Å². The summed E-state index contributed by atoms with van der Waals surface area (Å²) >= 11 is 0. The molecule has 6 nitrogen and oxygen atoms in total. The van der Waals surface area contributed by atoms with Gasteiger partial charge in [-0.25, -0.2) is 9.18 Å². The molecule has 0 aliphatic carbocycles. The Morgan fingerprint density at radius 2 is 2.14 bits per heavy atom. The molecule has 1 rings (SSSR count). The maximum atomic E-state index is 13.1. The number of aliphatic carboxylic acids is 1. The first kappa shape index (κ1) is 16.7. The predicted octanol–water partition coefficient (Wildman–Crippen LogP) is 2.41. The van der Waals surface area contributed by atoms with Crippen LogP contribution in [0.1, 0.15) is 13.8 Å². The number of urea groups is 1. The van der Waals surface area contributed by atoms with Gasteiger partial charge in [-0.2, -0.15) is 0 Å². The Hall–Kier alpha value is -2.31. The van der Waals surface area contributed by atoms with Crippen LogP contribution in [-0.4, -0.2) is 42.2 Å². The molecule has 7 heteroatoms. The molecule has 0 radical (unpaired) electrons. The number of ether oxygens (including phenoxy) is 1. The van der Waals surface area contributed by atoms with Crippen LogP contribution >= 0.6 is 0 Å². The number of nitrogens with zero attached hydrogens (tertiary/aromatic N) is 1. The highest BCUT2D eigenvalue weighted by molar-refractivity contribution is 5.91. The van der Waals surface area contributed by atoms with Crippen LogP contribution in [0.2, 0.25) is 0 Å². The standard InChI is InChI=1S/C14H19FN2O4/c1-4-17(8-9(2)13(18)19)14(20)16-11-6-5-10(15)7-12(11)21-3/h5-7,9H,4,8H2,1-3H3,(H,16,20)(H,18,19). The molecule has 0 heterocycles. The number of benzene rings is 1. The first-order valence-corrected chi connectivity index (χ1v) is 6.51. The summed E-state index contributed by atoms with van der Waals surface area (Å²) in [5, 5.41) is 11.5. The van der Waals surface area contributed by atoms with Crippen molar-refractivity contribution < 1.29 is 23.8 Å². The normalized spacial score (nSPS) is 11.6. The Kier molecular flexibility index (Phi) is 5.95. The molecule has 0 spiro atoms. The van der Waals surface area contributed by atoms with E-state index in [9.17, 15) is 14.0 Å². The topological polar surface area (TPSA) is 78.9 Å². The average molecular weight is 298 g/mol. The lowest BCUT2D eigenvalue weighted by molar-refractivity contribution is -0.141. The predicted molar refractivity (Wildman–Crippen MR) is 76.0 cm³/mol. The molecule has 0 aliphatic heterocycles. The number of amides is 2. The highest BCUT2D eigenvalue weighted by atomic mass is 19.1. The van der Waals surface area contributed by atoms with Gasteiger partial charge in [0, 0.05) is 19.2 Å². The molecule has 0 saturated carbocycles. The van der Waals surface area contributed by atoms with E-state index < -0.39 is 23.7 Å². The fourth-order valence-electron chi connectivity index (χ4n) is 1.73. The third-order valence-electron chi connectivity index (χ3n) is 2.99. The van der Waals surface area contributed by atoms with Gasteiger partial charge in [-0.3, -0.25) is 4.79 Å². The van der Waals surface area contributed by atoms with Crippen molar-refractivity contribution in [2.75, 3.05) is 25.5 Å². The van der Waals surface area contributed by atoms with Crippen LogP contribution in [-0.2, 0) is 4.79 Å². The van der Waals surface area contributed by atoms with Crippen LogP contribution in [0.15, 0.2) is 18.2 Å². The number of methoxy groups -OCH3 is 1. The van der Waals surface area contributed by atoms with E-state index in [0.717, 1.165) is 6.07 Å². The van der Waals surface area contributed by atoms with E-state index in [1.165, 1.54) is 31.1 Å². The number of nitrogens with one attached hydrogen (secondary N) is 1. The SMILES string of the molecule is CCN(CC(C)C(=O)O)C(=O)Nc1ccc(F)cc1OC. The Morgan fingerprint density at radius 1 is 1.48 bits per heavy atom. The molecule has 0 aliphatic rings. The van der Waals surface area contributed by atoms with Gasteiger partial charge in [0.1, 0.15) is 11.6 Å². The molecule has 2 amide bonds. The van der Waals surface area contributed by atoms with E-state index in [2.05, 4.69) is 5.32 Å². The molecular weight excluding hydrogens is 279 g/mol. The number of rotatable bonds is 6. The van der Waals surface area contributed by atoms with Crippen LogP contribution in [0.4, 0.5) is 14.9 Å². The Balaban J connectivity index is 2.81. The van der Waals surface area contributed by atoms with Gasteiger partial charge in [0.05, 0.1) is 18.7 Å². The van der Waals surface area contributed by atoms with Crippen LogP contribution in [0, 0.1) is 11.7 Å². The summed E-state index contributed by atoms with van der Waals surface area (Å²) in [5.74, 6) is -1.92. The Labute approximate surface area is 122 Å². The van der Waals surface area contributed by atoms with Crippen molar-refractivity contribution in [2.24, 2.45) is 5.92 Å². The monoisotopic (exact) mass is 298 g/mol. The van der Waals surface area contributed by atoms with Gasteiger partial charge in [-0.1, -0.05) is 6.92 Å². The van der Waals surface area contributed by atoms with Crippen LogP contribution in [0.25, 0.3) is 0 Å². The quantitative estimate of drug-likeness (QED) is 0.845. The van der Waals surface area contributed by atoms with Gasteiger partial charge in [0.25, 0.3) is 0 Å². The van der Waals surface area contributed by atoms with Crippen LogP contribution < -0.4 is 10.1 Å². The van der Waals surface area contributed by atoms with E-state index in [4.69, 9.17) is 9.84 Å². The number of carbonyl (C=O) groups is 2. The van der Waals surface area contributed by atoms with E-state index in [1.54, 1.807) is 6.92 Å². The average Bonchev–Trinajstić information content (AvgIpc) is 2.45. The fraction of sp³-hybridized carbons (Fsp3) is 0.429. The van der Waals surface area contributed by atoms with Crippen molar-refractivity contribution in [3.05, 3.63) is 24.0 Å². The summed E-state index contributed by atoms with van der Waals surface area (Å²) in [6.07, 6.45) is 0. The largest absolute Gasteiger partial charge is 0.494 e. The van der Waals surface area contributed by atoms with Gasteiger partial charge in [-0.15, -0.1) is 0 Å². The van der Waals surface area contributed by atoms with Crippen molar-refractivity contribution in [2.45, 2.75) is 13.8 Å². The first-order valence-electron chi connectivity index (χ1n) is 6.51. The lowest BCUT2D eigenvalue weighted by atomic mass is 10.2. The highest BCUT2D eigenvalue weighted by Crippen LogP contribution is 2.25. The molecule has 1 aromatic carbocycles. The summed E-state index contributed by atoms with van der Waals surface area (Å²) in [7, 11) is 1.37. The van der Waals surface area contributed by atoms with Crippen molar-refractivity contribution in [3.8, 4) is 5.75 Å². The zero-order valence-corrected chi connectivity index (χ0v) is 12.2. The maximum absolute atomic E-state index is 13.1. The number of hydrogen-bond acceptors (Lipinski definition) is 3. The second-order valence-electron chi connectivity index (χ2n) is 4.55. The Morgan fingerprint density at radius 3 is 2.67 bits per heavy atom. The molecular formula is C14H19FN2O4. The minimum atomic E-state index is -0.972. The molecule has 1 aromatic rings. The molecule has 21 heavy (non-hydrogen) atoms. The fourth-order valence-corrected chi connectivity index (χ4v) is 1.73. The molecule has 2 N–H and O–H groups in total. The highest BCUT2D eigenvalue weighted by Gasteiger charge is 2.20. The lowest BCUT2D eigenvalue weighted by Gasteiger charge is -2.23. The van der Waals surface area contributed by atoms with Crippen molar-refractivity contribution in [1.82, 2.24) is 4.90 Å². The summed E-state index contributed by atoms with van der Waals surface area (Å²) in [4.78, 5) is 24.3. The van der Waals surface area contributed by atoms with Gasteiger partial charge < -0.3 is 20.1 Å². The molecule has 0 saturated heterocycles. The smallest absolute Gasteiger partial charge is 0.321 e.